The van der Waals surface area contributed by atoms with Crippen LogP contribution in [0.2, 0.25) is 0 Å². The summed E-state index contributed by atoms with van der Waals surface area (Å²) in [6.45, 7) is 3.80. The van der Waals surface area contributed by atoms with E-state index in [2.05, 4.69) is 9.98 Å². The number of rotatable bonds is 5. The van der Waals surface area contributed by atoms with Crippen molar-refractivity contribution in [2.75, 3.05) is 7.11 Å². The molecular weight excluding hydrogens is 333 g/mol. The van der Waals surface area contributed by atoms with Crippen molar-refractivity contribution in [1.29, 1.82) is 0 Å². The highest BCUT2D eigenvalue weighted by atomic mass is 19.1. The van der Waals surface area contributed by atoms with E-state index in [0.29, 0.717) is 17.8 Å². The Balaban J connectivity index is 2.00. The maximum Gasteiger partial charge on any atom is 0.250 e. The Morgan fingerprint density at radius 3 is 2.73 bits per heavy atom. The summed E-state index contributed by atoms with van der Waals surface area (Å²) in [5.74, 6) is -0.532. The van der Waals surface area contributed by atoms with Gasteiger partial charge >= 0.3 is 0 Å². The summed E-state index contributed by atoms with van der Waals surface area (Å²) in [4.78, 5) is 21.4. The Bertz CT molecular complexity index is 881. The number of nitrogens with two attached hydrogens (primary N) is 1. The van der Waals surface area contributed by atoms with E-state index < -0.39 is 11.4 Å². The molecule has 1 aliphatic rings. The Kier molecular flexibility index (Phi) is 4.76. The van der Waals surface area contributed by atoms with Crippen molar-refractivity contribution < 1.29 is 13.9 Å². The molecule has 0 aliphatic carbocycles. The molecule has 6 heteroatoms. The monoisotopic (exact) mass is 355 g/mol. The smallest absolute Gasteiger partial charge is 0.250 e. The van der Waals surface area contributed by atoms with E-state index >= 15 is 0 Å². The number of carbonyl (C=O) groups is 1. The molecule has 0 bridgehead atoms. The Labute approximate surface area is 152 Å². The molecule has 2 unspecified atom stereocenters. The molecular formula is C20H22FN3O2. The lowest BCUT2D eigenvalue weighted by Crippen LogP contribution is -2.32. The van der Waals surface area contributed by atoms with Gasteiger partial charge in [0.25, 0.3) is 0 Å². The number of Topliss-reactive ketones (excluding diaryl/α,β-unsaturated/α-hetero) is 1. The van der Waals surface area contributed by atoms with Crippen LogP contribution < -0.4 is 10.5 Å². The number of amidine groups is 1. The number of hydrogen-bond donors (Lipinski definition) is 1. The minimum atomic E-state index is -1.02. The van der Waals surface area contributed by atoms with Gasteiger partial charge in [0.1, 0.15) is 11.4 Å². The fourth-order valence-electron chi connectivity index (χ4n) is 3.37. The summed E-state index contributed by atoms with van der Waals surface area (Å²) in [6, 6.07) is 8.71. The fourth-order valence-corrected chi connectivity index (χ4v) is 3.37. The van der Waals surface area contributed by atoms with Gasteiger partial charge in [0.2, 0.25) is 5.88 Å². The molecule has 1 aliphatic heterocycles. The molecule has 1 aromatic heterocycles. The molecule has 2 atom stereocenters. The van der Waals surface area contributed by atoms with Gasteiger partial charge in [-0.25, -0.2) is 9.37 Å². The average molecular weight is 355 g/mol. The summed E-state index contributed by atoms with van der Waals surface area (Å²) in [5, 5.41) is 0. The van der Waals surface area contributed by atoms with Gasteiger partial charge in [0, 0.05) is 11.8 Å². The molecule has 2 heterocycles. The molecule has 26 heavy (non-hydrogen) atoms. The Hall–Kier alpha value is -2.76. The van der Waals surface area contributed by atoms with Crippen molar-refractivity contribution in [1.82, 2.24) is 4.98 Å². The van der Waals surface area contributed by atoms with Crippen LogP contribution in [0, 0.1) is 11.7 Å². The van der Waals surface area contributed by atoms with Gasteiger partial charge in [0.15, 0.2) is 11.6 Å². The third-order valence-corrected chi connectivity index (χ3v) is 4.84. The Morgan fingerprint density at radius 1 is 1.31 bits per heavy atom. The summed E-state index contributed by atoms with van der Waals surface area (Å²) < 4.78 is 18.8. The molecule has 0 saturated carbocycles. The van der Waals surface area contributed by atoms with Crippen molar-refractivity contribution in [3.05, 3.63) is 47.9 Å². The number of benzene rings is 1. The lowest BCUT2D eigenvalue weighted by Gasteiger charge is -2.21. The lowest BCUT2D eigenvalue weighted by molar-refractivity contribution is -0.124. The standard InChI is InChI=1S/C20H22FN3O2/c1-4-6-15-17(25)20(2,24-18(15)22)14-8-5-7-12(9-14)13-10-16(21)19(26-3)23-11-13/h5,7-11,15H,4,6H2,1-3H3,(H2,22,24). The van der Waals surface area contributed by atoms with Crippen molar-refractivity contribution in [2.45, 2.75) is 32.2 Å². The van der Waals surface area contributed by atoms with E-state index in [1.165, 1.54) is 19.4 Å². The van der Waals surface area contributed by atoms with Gasteiger partial charge in [0.05, 0.1) is 13.0 Å². The second-order valence-electron chi connectivity index (χ2n) is 6.61. The van der Waals surface area contributed by atoms with Gasteiger partial charge in [-0.1, -0.05) is 31.5 Å². The van der Waals surface area contributed by atoms with Gasteiger partial charge in [-0.2, -0.15) is 0 Å². The fraction of sp³-hybridized carbons (Fsp3) is 0.350. The normalized spacial score (nSPS) is 22.4. The van der Waals surface area contributed by atoms with E-state index in [-0.39, 0.29) is 17.6 Å². The molecule has 1 aromatic carbocycles. The second-order valence-corrected chi connectivity index (χ2v) is 6.61. The molecule has 0 amide bonds. The first-order valence-corrected chi connectivity index (χ1v) is 8.60. The molecule has 3 rings (SSSR count). The SMILES string of the molecule is CCCC1C(=O)C(C)(c2cccc(-c3cnc(OC)c(F)c3)c2)N=C1N. The van der Waals surface area contributed by atoms with Gasteiger partial charge in [-0.15, -0.1) is 0 Å². The molecule has 136 valence electrons. The average Bonchev–Trinajstić information content (AvgIpc) is 2.86. The minimum absolute atomic E-state index is 0.00744. The molecule has 2 N–H and O–H groups in total. The van der Waals surface area contributed by atoms with Crippen LogP contribution in [0.15, 0.2) is 41.5 Å². The molecule has 0 fully saturated rings. The summed E-state index contributed by atoms with van der Waals surface area (Å²) in [6.07, 6.45) is 3.09. The van der Waals surface area contributed by atoms with Gasteiger partial charge in [-0.3, -0.25) is 9.79 Å². The molecule has 0 radical (unpaired) electrons. The predicted molar refractivity (Wildman–Crippen MR) is 98.6 cm³/mol. The summed E-state index contributed by atoms with van der Waals surface area (Å²) in [5.41, 5.74) is 7.09. The topological polar surface area (TPSA) is 77.6 Å². The Morgan fingerprint density at radius 2 is 2.08 bits per heavy atom. The largest absolute Gasteiger partial charge is 0.479 e. The first-order chi connectivity index (χ1) is 12.4. The highest BCUT2D eigenvalue weighted by Gasteiger charge is 2.46. The number of methoxy groups -OCH3 is 1. The van der Waals surface area contributed by atoms with Crippen molar-refractivity contribution >= 4 is 11.6 Å². The number of nitrogens with zero attached hydrogens (tertiary/aromatic N) is 2. The number of aliphatic imine (C=N–C) groups is 1. The third-order valence-electron chi connectivity index (χ3n) is 4.84. The number of pyridine rings is 1. The van der Waals surface area contributed by atoms with E-state index in [1.807, 2.05) is 31.2 Å². The zero-order valence-electron chi connectivity index (χ0n) is 15.1. The predicted octanol–water partition coefficient (Wildman–Crippen LogP) is 3.47. The van der Waals surface area contributed by atoms with E-state index in [9.17, 15) is 9.18 Å². The number of ketones is 1. The maximum absolute atomic E-state index is 14.0. The van der Waals surface area contributed by atoms with E-state index in [1.54, 1.807) is 6.92 Å². The first kappa shape index (κ1) is 18.0. The molecule has 0 spiro atoms. The second kappa shape index (κ2) is 6.86. The highest BCUT2D eigenvalue weighted by Crippen LogP contribution is 2.38. The summed E-state index contributed by atoms with van der Waals surface area (Å²) in [7, 11) is 1.37. The van der Waals surface area contributed by atoms with Crippen molar-refractivity contribution in [3.8, 4) is 17.0 Å². The van der Waals surface area contributed by atoms with Crippen molar-refractivity contribution in [3.63, 3.8) is 0 Å². The highest BCUT2D eigenvalue weighted by molar-refractivity contribution is 6.13. The van der Waals surface area contributed by atoms with Crippen molar-refractivity contribution in [2.24, 2.45) is 16.6 Å². The van der Waals surface area contributed by atoms with Gasteiger partial charge in [-0.05, 0) is 36.6 Å². The zero-order valence-corrected chi connectivity index (χ0v) is 15.1. The number of carbonyl (C=O) groups excluding carboxylic acids is 1. The molecule has 5 nitrogen and oxygen atoms in total. The molecule has 2 aromatic rings. The van der Waals surface area contributed by atoms with Crippen LogP contribution >= 0.6 is 0 Å². The van der Waals surface area contributed by atoms with Crippen LogP contribution in [0.25, 0.3) is 11.1 Å². The lowest BCUT2D eigenvalue weighted by atomic mass is 9.82. The van der Waals surface area contributed by atoms with Crippen LogP contribution in [0.1, 0.15) is 32.3 Å². The first-order valence-electron chi connectivity index (χ1n) is 8.60. The van der Waals surface area contributed by atoms with Gasteiger partial charge < -0.3 is 10.5 Å². The third kappa shape index (κ3) is 2.96. The maximum atomic E-state index is 14.0. The van der Waals surface area contributed by atoms with Crippen LogP contribution in [0.5, 0.6) is 5.88 Å². The van der Waals surface area contributed by atoms with E-state index in [4.69, 9.17) is 10.5 Å². The van der Waals surface area contributed by atoms with Crippen LogP contribution in [0.3, 0.4) is 0 Å². The molecule has 0 saturated heterocycles. The van der Waals surface area contributed by atoms with Crippen LogP contribution in [0.4, 0.5) is 4.39 Å². The number of aromatic nitrogens is 1. The van der Waals surface area contributed by atoms with Crippen LogP contribution in [-0.4, -0.2) is 23.7 Å². The minimum Gasteiger partial charge on any atom is -0.479 e. The van der Waals surface area contributed by atoms with Crippen LogP contribution in [-0.2, 0) is 10.3 Å². The number of ether oxygens (including phenoxy) is 1. The number of hydrogen-bond acceptors (Lipinski definition) is 5. The quantitative estimate of drug-likeness (QED) is 0.891. The zero-order chi connectivity index (χ0) is 18.9. The number of halogens is 1. The summed E-state index contributed by atoms with van der Waals surface area (Å²) >= 11 is 0. The van der Waals surface area contributed by atoms with E-state index in [0.717, 1.165) is 17.5 Å².